The molecule has 1 aromatic carbocycles. The van der Waals surface area contributed by atoms with Crippen molar-refractivity contribution in [2.24, 2.45) is 0 Å². The zero-order valence-corrected chi connectivity index (χ0v) is 12.9. The van der Waals surface area contributed by atoms with Gasteiger partial charge in [0.05, 0.1) is 12.7 Å². The maximum absolute atomic E-state index is 5.35. The van der Waals surface area contributed by atoms with E-state index in [1.165, 1.54) is 5.56 Å². The van der Waals surface area contributed by atoms with Gasteiger partial charge in [-0.2, -0.15) is 0 Å². The summed E-state index contributed by atoms with van der Waals surface area (Å²) in [4.78, 5) is 0. The van der Waals surface area contributed by atoms with Crippen molar-refractivity contribution in [2.45, 2.75) is 25.5 Å². The summed E-state index contributed by atoms with van der Waals surface area (Å²) in [6.45, 7) is 3.57. The van der Waals surface area contributed by atoms with Gasteiger partial charge in [0.15, 0.2) is 0 Å². The van der Waals surface area contributed by atoms with Gasteiger partial charge < -0.3 is 14.8 Å². The minimum atomic E-state index is 0.0937. The molecule has 0 spiro atoms. The van der Waals surface area contributed by atoms with Crippen LogP contribution in [0, 0.1) is 0 Å². The Morgan fingerprint density at radius 3 is 2.67 bits per heavy atom. The van der Waals surface area contributed by atoms with Crippen LogP contribution in [0.5, 0.6) is 0 Å². The van der Waals surface area contributed by atoms with Crippen LogP contribution in [0.15, 0.2) is 28.7 Å². The average Bonchev–Trinajstić information content (AvgIpc) is 2.38. The van der Waals surface area contributed by atoms with E-state index < -0.39 is 0 Å². The Hall–Kier alpha value is -0.420. The molecule has 102 valence electrons. The molecular weight excluding hydrogens is 294 g/mol. The van der Waals surface area contributed by atoms with Crippen molar-refractivity contribution in [1.82, 2.24) is 5.32 Å². The van der Waals surface area contributed by atoms with E-state index in [4.69, 9.17) is 9.47 Å². The highest BCUT2D eigenvalue weighted by molar-refractivity contribution is 9.10. The molecule has 0 bridgehead atoms. The second-order valence-corrected chi connectivity index (χ2v) is 5.15. The molecule has 18 heavy (non-hydrogen) atoms. The molecule has 4 heteroatoms. The third kappa shape index (κ3) is 5.06. The van der Waals surface area contributed by atoms with Gasteiger partial charge in [-0.05, 0) is 24.1 Å². The van der Waals surface area contributed by atoms with Crippen LogP contribution in [0.1, 0.15) is 24.9 Å². The van der Waals surface area contributed by atoms with Crippen LogP contribution in [0.4, 0.5) is 0 Å². The van der Waals surface area contributed by atoms with Gasteiger partial charge in [-0.25, -0.2) is 0 Å². The molecule has 0 fully saturated rings. The second kappa shape index (κ2) is 8.64. The fourth-order valence-electron chi connectivity index (χ4n) is 1.89. The normalized spacial score (nSPS) is 14.4. The number of methoxy groups -OCH3 is 2. The van der Waals surface area contributed by atoms with E-state index in [2.05, 4.69) is 46.4 Å². The van der Waals surface area contributed by atoms with Crippen LogP contribution in [0.3, 0.4) is 0 Å². The Labute approximate surface area is 118 Å². The summed E-state index contributed by atoms with van der Waals surface area (Å²) in [5.74, 6) is 0. The summed E-state index contributed by atoms with van der Waals surface area (Å²) in [7, 11) is 3.41. The molecule has 0 aliphatic rings. The molecule has 0 saturated heterocycles. The van der Waals surface area contributed by atoms with Crippen molar-refractivity contribution < 1.29 is 9.47 Å². The van der Waals surface area contributed by atoms with Crippen LogP contribution in [0.25, 0.3) is 0 Å². The maximum Gasteiger partial charge on any atom is 0.0928 e. The van der Waals surface area contributed by atoms with E-state index in [9.17, 15) is 0 Å². The molecule has 1 aromatic rings. The van der Waals surface area contributed by atoms with E-state index in [1.807, 2.05) is 6.07 Å². The fourth-order valence-corrected chi connectivity index (χ4v) is 2.31. The number of rotatable bonds is 8. The minimum Gasteiger partial charge on any atom is -0.382 e. The lowest BCUT2D eigenvalue weighted by molar-refractivity contribution is 0.0272. The number of halogens is 1. The summed E-state index contributed by atoms with van der Waals surface area (Å²) in [5, 5.41) is 3.52. The zero-order chi connectivity index (χ0) is 13.4. The summed E-state index contributed by atoms with van der Waals surface area (Å²) in [5.41, 5.74) is 1.29. The number of hydrogen-bond donors (Lipinski definition) is 1. The number of benzene rings is 1. The minimum absolute atomic E-state index is 0.0937. The molecule has 2 atom stereocenters. The molecule has 1 rings (SSSR count). The average molecular weight is 316 g/mol. The SMILES string of the molecule is CCC(NCC(COC)OC)c1cccc(Br)c1. The first-order chi connectivity index (χ1) is 8.71. The van der Waals surface area contributed by atoms with E-state index in [1.54, 1.807) is 14.2 Å². The standard InChI is InChI=1S/C14H22BrNO2/c1-4-14(11-6-5-7-12(15)8-11)16-9-13(18-3)10-17-2/h5-8,13-14,16H,4,9-10H2,1-3H3. The molecule has 0 radical (unpaired) electrons. The molecule has 0 amide bonds. The zero-order valence-electron chi connectivity index (χ0n) is 11.3. The predicted molar refractivity (Wildman–Crippen MR) is 77.8 cm³/mol. The van der Waals surface area contributed by atoms with Crippen LogP contribution >= 0.6 is 15.9 Å². The Kier molecular flexibility index (Phi) is 7.51. The largest absolute Gasteiger partial charge is 0.382 e. The van der Waals surface area contributed by atoms with E-state index >= 15 is 0 Å². The topological polar surface area (TPSA) is 30.5 Å². The monoisotopic (exact) mass is 315 g/mol. The van der Waals surface area contributed by atoms with Gasteiger partial charge in [-0.1, -0.05) is 35.0 Å². The summed E-state index contributed by atoms with van der Waals surface area (Å²) >= 11 is 3.51. The first-order valence-electron chi connectivity index (χ1n) is 6.21. The lowest BCUT2D eigenvalue weighted by Crippen LogP contribution is -2.34. The van der Waals surface area contributed by atoms with Crippen molar-refractivity contribution in [1.29, 1.82) is 0 Å². The molecule has 1 N–H and O–H groups in total. The first-order valence-corrected chi connectivity index (χ1v) is 7.01. The maximum atomic E-state index is 5.35. The molecule has 0 aromatic heterocycles. The van der Waals surface area contributed by atoms with Gasteiger partial charge >= 0.3 is 0 Å². The molecule has 0 aliphatic carbocycles. The summed E-state index contributed by atoms with van der Waals surface area (Å²) in [6, 6.07) is 8.74. The van der Waals surface area contributed by atoms with Crippen molar-refractivity contribution in [2.75, 3.05) is 27.4 Å². The molecular formula is C14H22BrNO2. The van der Waals surface area contributed by atoms with Gasteiger partial charge in [-0.15, -0.1) is 0 Å². The summed E-state index contributed by atoms with van der Waals surface area (Å²) in [6.07, 6.45) is 1.14. The number of nitrogens with one attached hydrogen (secondary N) is 1. The molecule has 2 unspecified atom stereocenters. The Bertz CT molecular complexity index is 346. The van der Waals surface area contributed by atoms with Gasteiger partial charge in [0.2, 0.25) is 0 Å². The number of hydrogen-bond acceptors (Lipinski definition) is 3. The molecule has 0 heterocycles. The number of ether oxygens (including phenoxy) is 2. The van der Waals surface area contributed by atoms with E-state index in [0.29, 0.717) is 12.6 Å². The van der Waals surface area contributed by atoms with Crippen LogP contribution < -0.4 is 5.32 Å². The lowest BCUT2D eigenvalue weighted by Gasteiger charge is -2.21. The highest BCUT2D eigenvalue weighted by Crippen LogP contribution is 2.20. The van der Waals surface area contributed by atoms with Crippen molar-refractivity contribution in [3.63, 3.8) is 0 Å². The predicted octanol–water partition coefficient (Wildman–Crippen LogP) is 3.15. The van der Waals surface area contributed by atoms with Gasteiger partial charge in [0, 0.05) is 31.3 Å². The van der Waals surface area contributed by atoms with Crippen molar-refractivity contribution in [3.05, 3.63) is 34.3 Å². The first kappa shape index (κ1) is 15.6. The van der Waals surface area contributed by atoms with E-state index in [0.717, 1.165) is 17.4 Å². The highest BCUT2D eigenvalue weighted by Gasteiger charge is 2.12. The van der Waals surface area contributed by atoms with Gasteiger partial charge in [0.25, 0.3) is 0 Å². The third-order valence-electron chi connectivity index (χ3n) is 2.94. The fraction of sp³-hybridized carbons (Fsp3) is 0.571. The Morgan fingerprint density at radius 2 is 2.11 bits per heavy atom. The van der Waals surface area contributed by atoms with Crippen LogP contribution in [-0.4, -0.2) is 33.5 Å². The Balaban J connectivity index is 2.56. The molecule has 0 aliphatic heterocycles. The van der Waals surface area contributed by atoms with Gasteiger partial charge in [-0.3, -0.25) is 0 Å². The smallest absolute Gasteiger partial charge is 0.0928 e. The quantitative estimate of drug-likeness (QED) is 0.799. The van der Waals surface area contributed by atoms with Crippen LogP contribution in [0.2, 0.25) is 0 Å². The second-order valence-electron chi connectivity index (χ2n) is 4.24. The van der Waals surface area contributed by atoms with Gasteiger partial charge in [0.1, 0.15) is 0 Å². The molecule has 0 saturated carbocycles. The van der Waals surface area contributed by atoms with Crippen molar-refractivity contribution >= 4 is 15.9 Å². The van der Waals surface area contributed by atoms with E-state index in [-0.39, 0.29) is 6.10 Å². The Morgan fingerprint density at radius 1 is 1.33 bits per heavy atom. The van der Waals surface area contributed by atoms with Crippen molar-refractivity contribution in [3.8, 4) is 0 Å². The highest BCUT2D eigenvalue weighted by atomic mass is 79.9. The summed E-state index contributed by atoms with van der Waals surface area (Å²) < 4.78 is 11.6. The van der Waals surface area contributed by atoms with Crippen LogP contribution in [-0.2, 0) is 9.47 Å². The lowest BCUT2D eigenvalue weighted by atomic mass is 10.0. The molecule has 3 nitrogen and oxygen atoms in total. The third-order valence-corrected chi connectivity index (χ3v) is 3.43.